The molecular weight excluding hydrogens is 266 g/mol. The van der Waals surface area contributed by atoms with Crippen molar-refractivity contribution in [1.82, 2.24) is 20.0 Å². The SMILES string of the molecule is COCC1CCN(c2ccc(-n3nc(C)cc3C)nn2)C1. The van der Waals surface area contributed by atoms with Crippen LogP contribution in [-0.2, 0) is 4.74 Å². The summed E-state index contributed by atoms with van der Waals surface area (Å²) in [5.41, 5.74) is 2.05. The largest absolute Gasteiger partial charge is 0.384 e. The summed E-state index contributed by atoms with van der Waals surface area (Å²) in [6.45, 7) is 6.81. The van der Waals surface area contributed by atoms with Crippen molar-refractivity contribution in [2.45, 2.75) is 20.3 Å². The Balaban J connectivity index is 1.74. The lowest BCUT2D eigenvalue weighted by Gasteiger charge is -2.16. The average molecular weight is 287 g/mol. The number of hydrogen-bond acceptors (Lipinski definition) is 5. The van der Waals surface area contributed by atoms with Crippen LogP contribution in [0.4, 0.5) is 5.82 Å². The van der Waals surface area contributed by atoms with Crippen molar-refractivity contribution in [1.29, 1.82) is 0 Å². The molecular formula is C15H21N5O. The Morgan fingerprint density at radius 3 is 2.62 bits per heavy atom. The minimum atomic E-state index is 0.590. The quantitative estimate of drug-likeness (QED) is 0.857. The first-order valence-electron chi connectivity index (χ1n) is 7.28. The van der Waals surface area contributed by atoms with E-state index in [0.29, 0.717) is 5.92 Å². The minimum Gasteiger partial charge on any atom is -0.384 e. The van der Waals surface area contributed by atoms with Gasteiger partial charge < -0.3 is 9.64 Å². The monoisotopic (exact) mass is 287 g/mol. The van der Waals surface area contributed by atoms with Gasteiger partial charge in [-0.25, -0.2) is 4.68 Å². The highest BCUT2D eigenvalue weighted by Gasteiger charge is 2.23. The van der Waals surface area contributed by atoms with Crippen LogP contribution in [-0.4, -0.2) is 46.8 Å². The minimum absolute atomic E-state index is 0.590. The van der Waals surface area contributed by atoms with Crippen molar-refractivity contribution in [2.24, 2.45) is 5.92 Å². The fourth-order valence-electron chi connectivity index (χ4n) is 2.87. The van der Waals surface area contributed by atoms with Gasteiger partial charge in [0, 0.05) is 31.8 Å². The van der Waals surface area contributed by atoms with Crippen LogP contribution in [0.5, 0.6) is 0 Å². The number of aryl methyl sites for hydroxylation is 2. The molecule has 3 heterocycles. The van der Waals surface area contributed by atoms with E-state index < -0.39 is 0 Å². The molecule has 1 fully saturated rings. The van der Waals surface area contributed by atoms with Gasteiger partial charge in [0.2, 0.25) is 0 Å². The average Bonchev–Trinajstić information content (AvgIpc) is 3.06. The van der Waals surface area contributed by atoms with Gasteiger partial charge in [0.1, 0.15) is 0 Å². The molecule has 1 atom stereocenters. The molecule has 1 aliphatic heterocycles. The molecule has 0 bridgehead atoms. The molecule has 1 aliphatic rings. The van der Waals surface area contributed by atoms with Crippen LogP contribution in [0, 0.1) is 19.8 Å². The molecule has 0 aromatic carbocycles. The van der Waals surface area contributed by atoms with Crippen molar-refractivity contribution in [2.75, 3.05) is 31.7 Å². The van der Waals surface area contributed by atoms with Gasteiger partial charge in [-0.3, -0.25) is 0 Å². The number of methoxy groups -OCH3 is 1. The topological polar surface area (TPSA) is 56.1 Å². The first-order chi connectivity index (χ1) is 10.2. The molecule has 3 rings (SSSR count). The summed E-state index contributed by atoms with van der Waals surface area (Å²) in [6, 6.07) is 6.03. The first-order valence-corrected chi connectivity index (χ1v) is 7.28. The normalized spacial score (nSPS) is 18.4. The van der Waals surface area contributed by atoms with E-state index in [1.165, 1.54) is 0 Å². The fourth-order valence-corrected chi connectivity index (χ4v) is 2.87. The molecule has 0 amide bonds. The van der Waals surface area contributed by atoms with Crippen molar-refractivity contribution in [3.63, 3.8) is 0 Å². The van der Waals surface area contributed by atoms with E-state index in [2.05, 4.69) is 20.2 Å². The molecule has 112 valence electrons. The maximum atomic E-state index is 5.23. The molecule has 1 saturated heterocycles. The van der Waals surface area contributed by atoms with Gasteiger partial charge in [-0.1, -0.05) is 0 Å². The Morgan fingerprint density at radius 2 is 2.00 bits per heavy atom. The fraction of sp³-hybridized carbons (Fsp3) is 0.533. The van der Waals surface area contributed by atoms with Gasteiger partial charge in [-0.2, -0.15) is 5.10 Å². The number of hydrogen-bond donors (Lipinski definition) is 0. The summed E-state index contributed by atoms with van der Waals surface area (Å²) in [4.78, 5) is 2.27. The number of ether oxygens (including phenoxy) is 1. The number of nitrogens with zero attached hydrogens (tertiary/aromatic N) is 5. The lowest BCUT2D eigenvalue weighted by atomic mass is 10.1. The van der Waals surface area contributed by atoms with Gasteiger partial charge in [-0.15, -0.1) is 10.2 Å². The smallest absolute Gasteiger partial charge is 0.176 e. The highest BCUT2D eigenvalue weighted by Crippen LogP contribution is 2.22. The molecule has 6 nitrogen and oxygen atoms in total. The van der Waals surface area contributed by atoms with Crippen molar-refractivity contribution in [3.8, 4) is 5.82 Å². The van der Waals surface area contributed by atoms with Crippen molar-refractivity contribution >= 4 is 5.82 Å². The maximum absolute atomic E-state index is 5.23. The van der Waals surface area contributed by atoms with Gasteiger partial charge in [0.25, 0.3) is 0 Å². The van der Waals surface area contributed by atoms with Gasteiger partial charge >= 0.3 is 0 Å². The molecule has 21 heavy (non-hydrogen) atoms. The summed E-state index contributed by atoms with van der Waals surface area (Å²) < 4.78 is 7.05. The van der Waals surface area contributed by atoms with Crippen LogP contribution in [0.2, 0.25) is 0 Å². The van der Waals surface area contributed by atoms with E-state index in [1.807, 2.05) is 36.7 Å². The Morgan fingerprint density at radius 1 is 1.24 bits per heavy atom. The van der Waals surface area contributed by atoms with Crippen LogP contribution < -0.4 is 4.90 Å². The highest BCUT2D eigenvalue weighted by atomic mass is 16.5. The predicted molar refractivity (Wildman–Crippen MR) is 80.8 cm³/mol. The third-order valence-electron chi connectivity index (χ3n) is 3.88. The van der Waals surface area contributed by atoms with E-state index >= 15 is 0 Å². The van der Waals surface area contributed by atoms with Crippen LogP contribution in [0.3, 0.4) is 0 Å². The van der Waals surface area contributed by atoms with Crippen LogP contribution in [0.1, 0.15) is 17.8 Å². The maximum Gasteiger partial charge on any atom is 0.176 e. The van der Waals surface area contributed by atoms with E-state index in [-0.39, 0.29) is 0 Å². The third-order valence-corrected chi connectivity index (χ3v) is 3.88. The molecule has 0 radical (unpaired) electrons. The van der Waals surface area contributed by atoms with Gasteiger partial charge in [-0.05, 0) is 38.5 Å². The Hall–Kier alpha value is -1.95. The molecule has 0 saturated carbocycles. The summed E-state index contributed by atoms with van der Waals surface area (Å²) >= 11 is 0. The van der Waals surface area contributed by atoms with Crippen LogP contribution in [0.15, 0.2) is 18.2 Å². The first kappa shape index (κ1) is 14.0. The standard InChI is InChI=1S/C15H21N5O/c1-11-8-12(2)20(18-11)15-5-4-14(16-17-15)19-7-6-13(9-19)10-21-3/h4-5,8,13H,6-7,9-10H2,1-3H3. The predicted octanol–water partition coefficient (Wildman–Crippen LogP) is 1.75. The van der Waals surface area contributed by atoms with Gasteiger partial charge in [0.05, 0.1) is 12.3 Å². The summed E-state index contributed by atoms with van der Waals surface area (Å²) in [5, 5.41) is 13.1. The van der Waals surface area contributed by atoms with E-state index in [4.69, 9.17) is 4.74 Å². The zero-order valence-corrected chi connectivity index (χ0v) is 12.8. The number of anilines is 1. The summed E-state index contributed by atoms with van der Waals surface area (Å²) in [7, 11) is 1.76. The zero-order valence-electron chi connectivity index (χ0n) is 12.8. The zero-order chi connectivity index (χ0) is 14.8. The lowest BCUT2D eigenvalue weighted by Crippen LogP contribution is -2.22. The summed E-state index contributed by atoms with van der Waals surface area (Å²) in [5.74, 6) is 2.28. The Labute approximate surface area is 124 Å². The van der Waals surface area contributed by atoms with Crippen LogP contribution in [0.25, 0.3) is 5.82 Å². The Bertz CT molecular complexity index is 607. The van der Waals surface area contributed by atoms with Gasteiger partial charge in [0.15, 0.2) is 11.6 Å². The second-order valence-corrected chi connectivity index (χ2v) is 5.64. The van der Waals surface area contributed by atoms with E-state index in [9.17, 15) is 0 Å². The lowest BCUT2D eigenvalue weighted by molar-refractivity contribution is 0.161. The van der Waals surface area contributed by atoms with E-state index in [1.54, 1.807) is 7.11 Å². The molecule has 0 aliphatic carbocycles. The molecule has 2 aromatic heterocycles. The highest BCUT2D eigenvalue weighted by molar-refractivity contribution is 5.41. The summed E-state index contributed by atoms with van der Waals surface area (Å²) in [6.07, 6.45) is 1.15. The number of aromatic nitrogens is 4. The number of rotatable bonds is 4. The van der Waals surface area contributed by atoms with E-state index in [0.717, 1.165) is 49.1 Å². The molecule has 1 unspecified atom stereocenters. The second kappa shape index (κ2) is 5.81. The van der Waals surface area contributed by atoms with Crippen molar-refractivity contribution < 1.29 is 4.74 Å². The van der Waals surface area contributed by atoms with Crippen molar-refractivity contribution in [3.05, 3.63) is 29.6 Å². The molecule has 0 N–H and O–H groups in total. The van der Waals surface area contributed by atoms with Crippen LogP contribution >= 0.6 is 0 Å². The molecule has 0 spiro atoms. The third kappa shape index (κ3) is 2.90. The molecule has 6 heteroatoms. The molecule has 2 aromatic rings. The second-order valence-electron chi connectivity index (χ2n) is 5.64. The Kier molecular flexibility index (Phi) is 3.88.